The van der Waals surface area contributed by atoms with E-state index in [0.717, 1.165) is 12.1 Å². The Kier molecular flexibility index (Phi) is 4.68. The van der Waals surface area contributed by atoms with Gasteiger partial charge in [-0.1, -0.05) is 20.3 Å². The van der Waals surface area contributed by atoms with Crippen molar-refractivity contribution in [2.75, 3.05) is 0 Å². The summed E-state index contributed by atoms with van der Waals surface area (Å²) >= 11 is 0. The first-order valence-electron chi connectivity index (χ1n) is 5.82. The highest BCUT2D eigenvalue weighted by Crippen LogP contribution is 2.10. The molecule has 0 saturated heterocycles. The van der Waals surface area contributed by atoms with E-state index in [4.69, 9.17) is 5.11 Å². The molecule has 7 heteroatoms. The molecular formula is C12H16N2O5. The Morgan fingerprint density at radius 3 is 2.53 bits per heavy atom. The number of pyridine rings is 1. The lowest BCUT2D eigenvalue weighted by Crippen LogP contribution is -2.45. The van der Waals surface area contributed by atoms with Crippen molar-refractivity contribution in [3.63, 3.8) is 0 Å². The van der Waals surface area contributed by atoms with Crippen molar-refractivity contribution < 1.29 is 19.8 Å². The van der Waals surface area contributed by atoms with Crippen LogP contribution in [0.15, 0.2) is 16.9 Å². The molecule has 104 valence electrons. The van der Waals surface area contributed by atoms with Gasteiger partial charge in [0.25, 0.3) is 11.5 Å². The fraction of sp³-hybridized carbons (Fsp3) is 0.417. The highest BCUT2D eigenvalue weighted by molar-refractivity contribution is 5.96. The predicted molar refractivity (Wildman–Crippen MR) is 67.1 cm³/mol. The van der Waals surface area contributed by atoms with Crippen molar-refractivity contribution in [3.05, 3.63) is 28.0 Å². The molecule has 1 rings (SSSR count). The SMILES string of the molecule is CCC(C)[C@H](NC(=O)c1cc(O)[nH]c(=O)c1)C(=O)O. The number of aliphatic carboxylic acids is 1. The molecule has 0 aliphatic rings. The molecule has 0 radical (unpaired) electrons. The summed E-state index contributed by atoms with van der Waals surface area (Å²) in [5, 5.41) is 20.6. The van der Waals surface area contributed by atoms with Gasteiger partial charge in [-0.15, -0.1) is 0 Å². The van der Waals surface area contributed by atoms with Gasteiger partial charge in [0.1, 0.15) is 6.04 Å². The summed E-state index contributed by atoms with van der Waals surface area (Å²) in [6.07, 6.45) is 0.581. The van der Waals surface area contributed by atoms with E-state index in [1.165, 1.54) is 0 Å². The molecular weight excluding hydrogens is 252 g/mol. The van der Waals surface area contributed by atoms with Crippen LogP contribution in [0, 0.1) is 5.92 Å². The van der Waals surface area contributed by atoms with E-state index < -0.39 is 29.4 Å². The van der Waals surface area contributed by atoms with E-state index in [0.29, 0.717) is 6.42 Å². The molecule has 1 heterocycles. The number of H-pyrrole nitrogens is 1. The molecule has 1 unspecified atom stereocenters. The first-order valence-corrected chi connectivity index (χ1v) is 5.82. The van der Waals surface area contributed by atoms with Gasteiger partial charge in [-0.05, 0) is 5.92 Å². The molecule has 0 spiro atoms. The third-order valence-electron chi connectivity index (χ3n) is 2.86. The largest absolute Gasteiger partial charge is 0.494 e. The fourth-order valence-corrected chi connectivity index (χ4v) is 1.57. The maximum Gasteiger partial charge on any atom is 0.326 e. The number of aromatic amines is 1. The van der Waals surface area contributed by atoms with Gasteiger partial charge in [-0.25, -0.2) is 4.79 Å². The minimum atomic E-state index is -1.14. The summed E-state index contributed by atoms with van der Waals surface area (Å²) in [6.45, 7) is 3.51. The summed E-state index contributed by atoms with van der Waals surface area (Å²) in [6, 6.07) is 1.01. The Labute approximate surface area is 109 Å². The maximum absolute atomic E-state index is 11.8. The average Bonchev–Trinajstić information content (AvgIpc) is 2.33. The van der Waals surface area contributed by atoms with Crippen LogP contribution in [0.3, 0.4) is 0 Å². The van der Waals surface area contributed by atoms with Crippen molar-refractivity contribution in [1.82, 2.24) is 10.3 Å². The summed E-state index contributed by atoms with van der Waals surface area (Å²) in [5.74, 6) is -2.56. The molecule has 7 nitrogen and oxygen atoms in total. The number of amides is 1. The van der Waals surface area contributed by atoms with E-state index in [1.807, 2.05) is 6.92 Å². The van der Waals surface area contributed by atoms with Crippen molar-refractivity contribution >= 4 is 11.9 Å². The second-order valence-electron chi connectivity index (χ2n) is 4.29. The molecule has 1 amide bonds. The van der Waals surface area contributed by atoms with Crippen molar-refractivity contribution in [3.8, 4) is 5.88 Å². The number of rotatable bonds is 5. The second-order valence-corrected chi connectivity index (χ2v) is 4.29. The Hall–Kier alpha value is -2.31. The Bertz CT molecular complexity index is 537. The van der Waals surface area contributed by atoms with Gasteiger partial charge < -0.3 is 15.5 Å². The van der Waals surface area contributed by atoms with Gasteiger partial charge in [0, 0.05) is 12.1 Å². The molecule has 0 aliphatic heterocycles. The normalized spacial score (nSPS) is 13.6. The Balaban J connectivity index is 2.94. The number of carbonyl (C=O) groups is 2. The molecule has 0 aliphatic carbocycles. The van der Waals surface area contributed by atoms with E-state index in [9.17, 15) is 19.5 Å². The number of aromatic hydroxyl groups is 1. The number of carboxylic acids is 1. The number of carboxylic acid groups (broad SMARTS) is 1. The first-order chi connectivity index (χ1) is 8.85. The molecule has 0 bridgehead atoms. The minimum absolute atomic E-state index is 0.0872. The first kappa shape index (κ1) is 14.7. The molecule has 4 N–H and O–H groups in total. The van der Waals surface area contributed by atoms with Gasteiger partial charge in [-0.2, -0.15) is 0 Å². The molecule has 19 heavy (non-hydrogen) atoms. The number of nitrogens with one attached hydrogen (secondary N) is 2. The summed E-state index contributed by atoms with van der Waals surface area (Å²) in [5.41, 5.74) is -0.726. The third-order valence-corrected chi connectivity index (χ3v) is 2.86. The van der Waals surface area contributed by atoms with Crippen LogP contribution in [0.5, 0.6) is 5.88 Å². The van der Waals surface area contributed by atoms with Gasteiger partial charge in [0.05, 0.1) is 5.56 Å². The van der Waals surface area contributed by atoms with Crippen LogP contribution in [0.4, 0.5) is 0 Å². The fourth-order valence-electron chi connectivity index (χ4n) is 1.57. The monoisotopic (exact) mass is 268 g/mol. The highest BCUT2D eigenvalue weighted by Gasteiger charge is 2.25. The van der Waals surface area contributed by atoms with Crippen molar-refractivity contribution in [2.45, 2.75) is 26.3 Å². The lowest BCUT2D eigenvalue weighted by atomic mass is 9.99. The number of hydrogen-bond acceptors (Lipinski definition) is 4. The lowest BCUT2D eigenvalue weighted by molar-refractivity contribution is -0.140. The van der Waals surface area contributed by atoms with Crippen molar-refractivity contribution in [1.29, 1.82) is 0 Å². The van der Waals surface area contributed by atoms with Crippen LogP contribution in [0.2, 0.25) is 0 Å². The van der Waals surface area contributed by atoms with Gasteiger partial charge in [0.2, 0.25) is 0 Å². The molecule has 2 atom stereocenters. The minimum Gasteiger partial charge on any atom is -0.494 e. The number of hydrogen-bond donors (Lipinski definition) is 4. The van der Waals surface area contributed by atoms with Crippen LogP contribution < -0.4 is 10.9 Å². The molecule has 0 saturated carbocycles. The summed E-state index contributed by atoms with van der Waals surface area (Å²) < 4.78 is 0. The third kappa shape index (κ3) is 3.84. The molecule has 0 fully saturated rings. The quantitative estimate of drug-likeness (QED) is 0.612. The smallest absolute Gasteiger partial charge is 0.326 e. The second kappa shape index (κ2) is 6.03. The van der Waals surface area contributed by atoms with Gasteiger partial charge in [0.15, 0.2) is 5.88 Å². The highest BCUT2D eigenvalue weighted by atomic mass is 16.4. The van der Waals surface area contributed by atoms with Crippen LogP contribution in [-0.4, -0.2) is 33.1 Å². The molecule has 1 aromatic rings. The zero-order chi connectivity index (χ0) is 14.6. The zero-order valence-corrected chi connectivity index (χ0v) is 10.6. The van der Waals surface area contributed by atoms with Crippen molar-refractivity contribution in [2.24, 2.45) is 5.92 Å². The van der Waals surface area contributed by atoms with Crippen LogP contribution in [-0.2, 0) is 4.79 Å². The van der Waals surface area contributed by atoms with E-state index >= 15 is 0 Å². The lowest BCUT2D eigenvalue weighted by Gasteiger charge is -2.20. The van der Waals surface area contributed by atoms with E-state index in [2.05, 4.69) is 10.3 Å². The van der Waals surface area contributed by atoms with Crippen LogP contribution in [0.25, 0.3) is 0 Å². The molecule has 0 aromatic carbocycles. The van der Waals surface area contributed by atoms with Crippen LogP contribution in [0.1, 0.15) is 30.6 Å². The average molecular weight is 268 g/mol. The summed E-state index contributed by atoms with van der Waals surface area (Å²) in [4.78, 5) is 36.1. The van der Waals surface area contributed by atoms with E-state index in [1.54, 1.807) is 6.92 Å². The van der Waals surface area contributed by atoms with E-state index in [-0.39, 0.29) is 11.5 Å². The predicted octanol–water partition coefficient (Wildman–Crippen LogP) is 0.310. The standard InChI is InChI=1S/C12H16N2O5/c1-3-6(2)10(12(18)19)14-11(17)7-4-8(15)13-9(16)5-7/h4-6,10H,3H2,1-2H3,(H,14,17)(H,18,19)(H2,13,15,16)/t6?,10-/m0/s1. The number of carbonyl (C=O) groups excluding carboxylic acids is 1. The Morgan fingerprint density at radius 2 is 2.05 bits per heavy atom. The maximum atomic E-state index is 11.8. The number of aromatic nitrogens is 1. The Morgan fingerprint density at radius 1 is 1.42 bits per heavy atom. The van der Waals surface area contributed by atoms with Gasteiger partial charge in [-0.3, -0.25) is 14.6 Å². The topological polar surface area (TPSA) is 119 Å². The zero-order valence-electron chi connectivity index (χ0n) is 10.6. The molecule has 1 aromatic heterocycles. The van der Waals surface area contributed by atoms with Crippen LogP contribution >= 0.6 is 0 Å². The summed E-state index contributed by atoms with van der Waals surface area (Å²) in [7, 11) is 0. The van der Waals surface area contributed by atoms with Gasteiger partial charge >= 0.3 is 5.97 Å².